The lowest BCUT2D eigenvalue weighted by Crippen LogP contribution is -2.33. The molecule has 0 aliphatic carbocycles. The molecule has 1 aromatic rings. The zero-order valence-corrected chi connectivity index (χ0v) is 11.4. The number of hydrogen-bond acceptors (Lipinski definition) is 3. The van der Waals surface area contributed by atoms with Crippen molar-refractivity contribution >= 4 is 0 Å². The van der Waals surface area contributed by atoms with Crippen molar-refractivity contribution in [1.82, 2.24) is 10.2 Å². The van der Waals surface area contributed by atoms with Crippen molar-refractivity contribution in [2.75, 3.05) is 40.4 Å². The summed E-state index contributed by atoms with van der Waals surface area (Å²) >= 11 is 0. The highest BCUT2D eigenvalue weighted by atomic mass is 16.5. The van der Waals surface area contributed by atoms with Gasteiger partial charge in [0.15, 0.2) is 0 Å². The summed E-state index contributed by atoms with van der Waals surface area (Å²) in [4.78, 5) is 2.27. The average molecular weight is 248 g/mol. The topological polar surface area (TPSA) is 24.5 Å². The Morgan fingerprint density at radius 3 is 2.72 bits per heavy atom. The fraction of sp³-hybridized carbons (Fsp3) is 0.600. The van der Waals surface area contributed by atoms with Crippen molar-refractivity contribution in [3.63, 3.8) is 0 Å². The fourth-order valence-corrected chi connectivity index (χ4v) is 2.44. The Hall–Kier alpha value is -0.900. The maximum Gasteiger partial charge on any atom is 0.0507 e. The Bertz CT molecular complexity index is 334. The summed E-state index contributed by atoms with van der Waals surface area (Å²) in [6.07, 6.45) is 1.20. The zero-order chi connectivity index (χ0) is 12.8. The van der Waals surface area contributed by atoms with Crippen LogP contribution in [0.3, 0.4) is 0 Å². The number of hydrogen-bond donors (Lipinski definition) is 1. The Morgan fingerprint density at radius 2 is 2.11 bits per heavy atom. The van der Waals surface area contributed by atoms with Crippen molar-refractivity contribution in [2.24, 2.45) is 5.92 Å². The van der Waals surface area contributed by atoms with Gasteiger partial charge >= 0.3 is 0 Å². The molecule has 2 atom stereocenters. The predicted octanol–water partition coefficient (Wildman–Crippen LogP) is 1.92. The molecule has 1 fully saturated rings. The van der Waals surface area contributed by atoms with Gasteiger partial charge in [0.2, 0.25) is 0 Å². The minimum Gasteiger partial charge on any atom is -0.381 e. The number of likely N-dealkylation sites (N-methyl/N-ethyl adjacent to an activating group) is 1. The van der Waals surface area contributed by atoms with Crippen LogP contribution in [0.15, 0.2) is 30.3 Å². The summed E-state index contributed by atoms with van der Waals surface area (Å²) < 4.78 is 5.40. The first kappa shape index (κ1) is 13.5. The van der Waals surface area contributed by atoms with Gasteiger partial charge in [-0.15, -0.1) is 0 Å². The van der Waals surface area contributed by atoms with Crippen LogP contribution in [-0.4, -0.2) is 45.3 Å². The first-order valence-corrected chi connectivity index (χ1v) is 6.77. The quantitative estimate of drug-likeness (QED) is 0.832. The van der Waals surface area contributed by atoms with E-state index in [4.69, 9.17) is 4.74 Å². The molecular weight excluding hydrogens is 224 g/mol. The zero-order valence-electron chi connectivity index (χ0n) is 11.4. The summed E-state index contributed by atoms with van der Waals surface area (Å²) in [6.45, 7) is 3.91. The molecule has 2 rings (SSSR count). The molecule has 0 bridgehead atoms. The van der Waals surface area contributed by atoms with Gasteiger partial charge < -0.3 is 15.0 Å². The second kappa shape index (κ2) is 6.88. The van der Waals surface area contributed by atoms with Crippen LogP contribution in [0.5, 0.6) is 0 Å². The van der Waals surface area contributed by atoms with Crippen molar-refractivity contribution in [3.8, 4) is 0 Å². The number of benzene rings is 1. The summed E-state index contributed by atoms with van der Waals surface area (Å²) in [7, 11) is 4.27. The van der Waals surface area contributed by atoms with Crippen LogP contribution in [-0.2, 0) is 4.74 Å². The van der Waals surface area contributed by atoms with E-state index in [0.717, 1.165) is 26.3 Å². The van der Waals surface area contributed by atoms with Gasteiger partial charge in [-0.1, -0.05) is 30.3 Å². The Balaban J connectivity index is 1.83. The number of ether oxygens (including phenoxy) is 1. The number of rotatable bonds is 6. The van der Waals surface area contributed by atoms with Crippen LogP contribution in [0.2, 0.25) is 0 Å². The van der Waals surface area contributed by atoms with Gasteiger partial charge in [0.05, 0.1) is 6.61 Å². The molecule has 0 spiro atoms. The second-order valence-corrected chi connectivity index (χ2v) is 5.28. The van der Waals surface area contributed by atoms with E-state index in [1.54, 1.807) is 0 Å². The normalized spacial score (nSPS) is 21.4. The van der Waals surface area contributed by atoms with Gasteiger partial charge in [0, 0.05) is 25.7 Å². The van der Waals surface area contributed by atoms with Crippen LogP contribution in [0, 0.1) is 5.92 Å². The van der Waals surface area contributed by atoms with E-state index < -0.39 is 0 Å². The molecule has 0 saturated carbocycles. The lowest BCUT2D eigenvalue weighted by molar-refractivity contribution is 0.184. The Kier molecular flexibility index (Phi) is 5.17. The monoisotopic (exact) mass is 248 g/mol. The van der Waals surface area contributed by atoms with Gasteiger partial charge in [0.1, 0.15) is 0 Å². The first-order valence-electron chi connectivity index (χ1n) is 6.77. The maximum absolute atomic E-state index is 5.40. The minimum absolute atomic E-state index is 0.438. The average Bonchev–Trinajstić information content (AvgIpc) is 2.88. The molecule has 2 unspecified atom stereocenters. The third-order valence-electron chi connectivity index (χ3n) is 3.60. The highest BCUT2D eigenvalue weighted by Gasteiger charge is 2.17. The Morgan fingerprint density at radius 1 is 1.33 bits per heavy atom. The van der Waals surface area contributed by atoms with Crippen molar-refractivity contribution in [3.05, 3.63) is 35.9 Å². The van der Waals surface area contributed by atoms with Crippen LogP contribution < -0.4 is 5.32 Å². The van der Waals surface area contributed by atoms with E-state index in [2.05, 4.69) is 54.6 Å². The summed E-state index contributed by atoms with van der Waals surface area (Å²) in [5.41, 5.74) is 1.37. The lowest BCUT2D eigenvalue weighted by Gasteiger charge is -2.25. The SMILES string of the molecule is CN(C)C(CNCC1CCOC1)c1ccccc1. The number of nitrogens with zero attached hydrogens (tertiary/aromatic N) is 1. The van der Waals surface area contributed by atoms with E-state index in [1.807, 2.05) is 0 Å². The molecule has 1 saturated heterocycles. The summed E-state index contributed by atoms with van der Waals surface area (Å²) in [5, 5.41) is 3.59. The summed E-state index contributed by atoms with van der Waals surface area (Å²) in [6, 6.07) is 11.1. The van der Waals surface area contributed by atoms with Crippen molar-refractivity contribution in [2.45, 2.75) is 12.5 Å². The lowest BCUT2D eigenvalue weighted by atomic mass is 10.1. The van der Waals surface area contributed by atoms with E-state index >= 15 is 0 Å². The van der Waals surface area contributed by atoms with Crippen LogP contribution >= 0.6 is 0 Å². The fourth-order valence-electron chi connectivity index (χ4n) is 2.44. The van der Waals surface area contributed by atoms with E-state index in [-0.39, 0.29) is 0 Å². The third kappa shape index (κ3) is 3.80. The third-order valence-corrected chi connectivity index (χ3v) is 3.60. The second-order valence-electron chi connectivity index (χ2n) is 5.28. The molecule has 18 heavy (non-hydrogen) atoms. The molecule has 1 aromatic carbocycles. The van der Waals surface area contributed by atoms with Gasteiger partial charge in [-0.05, 0) is 32.0 Å². The van der Waals surface area contributed by atoms with E-state index in [9.17, 15) is 0 Å². The Labute approximate surface area is 110 Å². The van der Waals surface area contributed by atoms with Crippen LogP contribution in [0.4, 0.5) is 0 Å². The van der Waals surface area contributed by atoms with Gasteiger partial charge in [-0.2, -0.15) is 0 Å². The first-order chi connectivity index (χ1) is 8.77. The smallest absolute Gasteiger partial charge is 0.0507 e. The molecule has 0 amide bonds. The van der Waals surface area contributed by atoms with Crippen LogP contribution in [0.1, 0.15) is 18.0 Å². The van der Waals surface area contributed by atoms with Gasteiger partial charge in [0.25, 0.3) is 0 Å². The number of nitrogens with one attached hydrogen (secondary N) is 1. The van der Waals surface area contributed by atoms with E-state index in [0.29, 0.717) is 12.0 Å². The molecule has 1 aliphatic heterocycles. The molecule has 3 nitrogen and oxygen atoms in total. The summed E-state index contributed by atoms with van der Waals surface area (Å²) in [5.74, 6) is 0.698. The maximum atomic E-state index is 5.40. The molecule has 3 heteroatoms. The molecule has 0 radical (unpaired) electrons. The highest BCUT2D eigenvalue weighted by Crippen LogP contribution is 2.17. The molecule has 100 valence electrons. The van der Waals surface area contributed by atoms with Gasteiger partial charge in [-0.3, -0.25) is 0 Å². The van der Waals surface area contributed by atoms with E-state index in [1.165, 1.54) is 12.0 Å². The predicted molar refractivity (Wildman–Crippen MR) is 74.7 cm³/mol. The van der Waals surface area contributed by atoms with Crippen LogP contribution in [0.25, 0.3) is 0 Å². The molecule has 1 aliphatic rings. The minimum atomic E-state index is 0.438. The largest absolute Gasteiger partial charge is 0.381 e. The van der Waals surface area contributed by atoms with Crippen molar-refractivity contribution in [1.29, 1.82) is 0 Å². The molecule has 1 heterocycles. The highest BCUT2D eigenvalue weighted by molar-refractivity contribution is 5.19. The molecule has 1 N–H and O–H groups in total. The van der Waals surface area contributed by atoms with Crippen molar-refractivity contribution < 1.29 is 4.74 Å². The molecule has 0 aromatic heterocycles. The standard InChI is InChI=1S/C15H24N2O/c1-17(2)15(14-6-4-3-5-7-14)11-16-10-13-8-9-18-12-13/h3-7,13,15-16H,8-12H2,1-2H3. The molecular formula is C15H24N2O. The van der Waals surface area contributed by atoms with Gasteiger partial charge in [-0.25, -0.2) is 0 Å².